The fraction of sp³-hybridized carbons (Fsp3) is 0.333. The van der Waals surface area contributed by atoms with Crippen LogP contribution in [-0.4, -0.2) is 46.6 Å². The number of halogens is 2. The molecule has 3 rings (SSSR count). The third-order valence-corrected chi connectivity index (χ3v) is 6.25. The van der Waals surface area contributed by atoms with E-state index in [1.54, 1.807) is 18.2 Å². The standard InChI is InChI=1S/C18H21FN2O4S.ClH/c1-24-15-9-16(25-2)11-17(10-15)26(22,23)21-7-6-20-12-18(21)13-4-3-5-14(19)8-13;/h3-5,8-11,18,20H,6-7,12H2,1-2H3;1H. The Labute approximate surface area is 164 Å². The van der Waals surface area contributed by atoms with E-state index >= 15 is 0 Å². The van der Waals surface area contributed by atoms with Gasteiger partial charge < -0.3 is 14.8 Å². The van der Waals surface area contributed by atoms with Gasteiger partial charge >= 0.3 is 0 Å². The SMILES string of the molecule is COc1cc(OC)cc(S(=O)(=O)N2CCNCC2c2cccc(F)c2)c1.Cl. The molecule has 1 atom stereocenters. The number of hydrogen-bond acceptors (Lipinski definition) is 5. The predicted octanol–water partition coefficient (Wildman–Crippen LogP) is 2.60. The fourth-order valence-corrected chi connectivity index (χ4v) is 4.70. The highest BCUT2D eigenvalue weighted by molar-refractivity contribution is 7.89. The maximum absolute atomic E-state index is 13.6. The van der Waals surface area contributed by atoms with E-state index in [1.165, 1.54) is 42.8 Å². The van der Waals surface area contributed by atoms with Crippen LogP contribution in [0, 0.1) is 5.82 Å². The van der Waals surface area contributed by atoms with Gasteiger partial charge in [-0.1, -0.05) is 12.1 Å². The largest absolute Gasteiger partial charge is 0.497 e. The van der Waals surface area contributed by atoms with Crippen LogP contribution in [0.25, 0.3) is 0 Å². The van der Waals surface area contributed by atoms with Gasteiger partial charge in [0.15, 0.2) is 0 Å². The van der Waals surface area contributed by atoms with Gasteiger partial charge in [-0.3, -0.25) is 0 Å². The minimum absolute atomic E-state index is 0. The van der Waals surface area contributed by atoms with Crippen molar-refractivity contribution in [3.05, 3.63) is 53.8 Å². The Morgan fingerprint density at radius 2 is 1.78 bits per heavy atom. The number of sulfonamides is 1. The fourth-order valence-electron chi connectivity index (χ4n) is 3.04. The highest BCUT2D eigenvalue weighted by Gasteiger charge is 2.35. The molecule has 1 aliphatic rings. The van der Waals surface area contributed by atoms with Crippen molar-refractivity contribution < 1.29 is 22.3 Å². The summed E-state index contributed by atoms with van der Waals surface area (Å²) in [6.45, 7) is 1.21. The average molecular weight is 417 g/mol. The van der Waals surface area contributed by atoms with Gasteiger partial charge in [0.05, 0.1) is 25.2 Å². The normalized spacial score (nSPS) is 17.8. The first kappa shape index (κ1) is 21.4. The molecule has 1 saturated heterocycles. The molecule has 0 saturated carbocycles. The lowest BCUT2D eigenvalue weighted by Crippen LogP contribution is -2.48. The first-order valence-electron chi connectivity index (χ1n) is 8.17. The molecule has 27 heavy (non-hydrogen) atoms. The second-order valence-corrected chi connectivity index (χ2v) is 7.83. The zero-order chi connectivity index (χ0) is 18.7. The minimum Gasteiger partial charge on any atom is -0.497 e. The van der Waals surface area contributed by atoms with Gasteiger partial charge in [-0.25, -0.2) is 12.8 Å². The second-order valence-electron chi connectivity index (χ2n) is 5.94. The Kier molecular flexibility index (Phi) is 7.05. The van der Waals surface area contributed by atoms with Gasteiger partial charge in [-0.15, -0.1) is 12.4 Å². The van der Waals surface area contributed by atoms with Crippen molar-refractivity contribution in [3.63, 3.8) is 0 Å². The number of nitrogens with zero attached hydrogens (tertiary/aromatic N) is 1. The summed E-state index contributed by atoms with van der Waals surface area (Å²) in [5.41, 5.74) is 0.607. The summed E-state index contributed by atoms with van der Waals surface area (Å²) < 4.78 is 52.0. The van der Waals surface area contributed by atoms with Gasteiger partial charge in [0.1, 0.15) is 17.3 Å². The molecule has 2 aromatic rings. The Morgan fingerprint density at radius 3 is 2.37 bits per heavy atom. The van der Waals surface area contributed by atoms with Gasteiger partial charge in [0.2, 0.25) is 10.0 Å². The van der Waals surface area contributed by atoms with Crippen molar-refractivity contribution in [2.45, 2.75) is 10.9 Å². The van der Waals surface area contributed by atoms with E-state index in [2.05, 4.69) is 5.32 Å². The van der Waals surface area contributed by atoms with Gasteiger partial charge in [-0.2, -0.15) is 4.31 Å². The predicted molar refractivity (Wildman–Crippen MR) is 103 cm³/mol. The van der Waals surface area contributed by atoms with E-state index in [9.17, 15) is 12.8 Å². The molecule has 0 aliphatic carbocycles. The van der Waals surface area contributed by atoms with Crippen LogP contribution in [0.4, 0.5) is 4.39 Å². The summed E-state index contributed by atoms with van der Waals surface area (Å²) in [5, 5.41) is 3.17. The molecule has 1 unspecified atom stereocenters. The topological polar surface area (TPSA) is 67.9 Å². The lowest BCUT2D eigenvalue weighted by Gasteiger charge is -2.35. The molecule has 0 amide bonds. The Bertz CT molecular complexity index is 872. The lowest BCUT2D eigenvalue weighted by atomic mass is 10.1. The number of ether oxygens (including phenoxy) is 2. The zero-order valence-electron chi connectivity index (χ0n) is 15.0. The molecular formula is C18H22ClFN2O4S. The van der Waals surface area contributed by atoms with E-state index in [0.717, 1.165) is 0 Å². The smallest absolute Gasteiger partial charge is 0.243 e. The highest BCUT2D eigenvalue weighted by atomic mass is 35.5. The molecule has 1 N–H and O–H groups in total. The average Bonchev–Trinajstić information content (AvgIpc) is 2.67. The molecule has 0 spiro atoms. The zero-order valence-corrected chi connectivity index (χ0v) is 16.6. The van der Waals surface area contributed by atoms with Crippen molar-refractivity contribution in [2.24, 2.45) is 0 Å². The molecule has 0 bridgehead atoms. The second kappa shape index (κ2) is 8.88. The monoisotopic (exact) mass is 416 g/mol. The van der Waals surface area contributed by atoms with Crippen molar-refractivity contribution in [3.8, 4) is 11.5 Å². The maximum Gasteiger partial charge on any atom is 0.243 e. The Balaban J connectivity index is 0.00000261. The maximum atomic E-state index is 13.6. The van der Waals surface area contributed by atoms with E-state index in [4.69, 9.17) is 9.47 Å². The summed E-state index contributed by atoms with van der Waals surface area (Å²) >= 11 is 0. The Hall–Kier alpha value is -1.87. The molecule has 1 aliphatic heterocycles. The van der Waals surface area contributed by atoms with Crippen molar-refractivity contribution >= 4 is 22.4 Å². The summed E-state index contributed by atoms with van der Waals surface area (Å²) in [6.07, 6.45) is 0. The number of methoxy groups -OCH3 is 2. The third-order valence-electron chi connectivity index (χ3n) is 4.36. The van der Waals surface area contributed by atoms with Gasteiger partial charge in [0, 0.05) is 37.8 Å². The van der Waals surface area contributed by atoms with E-state index in [1.807, 2.05) is 0 Å². The third kappa shape index (κ3) is 4.52. The summed E-state index contributed by atoms with van der Waals surface area (Å²) in [5.74, 6) is 0.384. The van der Waals surface area contributed by atoms with Crippen LogP contribution in [-0.2, 0) is 10.0 Å². The molecule has 1 heterocycles. The van der Waals surface area contributed by atoms with Crippen LogP contribution in [0.3, 0.4) is 0 Å². The molecule has 0 radical (unpaired) electrons. The van der Waals surface area contributed by atoms with E-state index in [0.29, 0.717) is 30.2 Å². The lowest BCUT2D eigenvalue weighted by molar-refractivity contribution is 0.270. The van der Waals surface area contributed by atoms with Crippen molar-refractivity contribution in [1.29, 1.82) is 0 Å². The number of nitrogens with one attached hydrogen (secondary N) is 1. The quantitative estimate of drug-likeness (QED) is 0.811. The minimum atomic E-state index is -3.83. The summed E-state index contributed by atoms with van der Waals surface area (Å²) in [4.78, 5) is 0.0806. The molecule has 1 fully saturated rings. The van der Waals surface area contributed by atoms with Crippen molar-refractivity contribution in [1.82, 2.24) is 9.62 Å². The highest BCUT2D eigenvalue weighted by Crippen LogP contribution is 2.32. The number of hydrogen-bond donors (Lipinski definition) is 1. The van der Waals surface area contributed by atoms with Gasteiger partial charge in [0.25, 0.3) is 0 Å². The first-order valence-corrected chi connectivity index (χ1v) is 9.61. The van der Waals surface area contributed by atoms with E-state index < -0.39 is 21.9 Å². The Morgan fingerprint density at radius 1 is 1.11 bits per heavy atom. The molecule has 9 heteroatoms. The molecule has 148 valence electrons. The van der Waals surface area contributed by atoms with Crippen LogP contribution in [0.1, 0.15) is 11.6 Å². The van der Waals surface area contributed by atoms with Crippen LogP contribution in [0.2, 0.25) is 0 Å². The number of rotatable bonds is 5. The first-order chi connectivity index (χ1) is 12.5. The van der Waals surface area contributed by atoms with Crippen LogP contribution < -0.4 is 14.8 Å². The van der Waals surface area contributed by atoms with Crippen LogP contribution >= 0.6 is 12.4 Å². The number of piperazine rings is 1. The van der Waals surface area contributed by atoms with Crippen LogP contribution in [0.5, 0.6) is 11.5 Å². The van der Waals surface area contributed by atoms with E-state index in [-0.39, 0.29) is 23.8 Å². The number of benzene rings is 2. The molecule has 2 aromatic carbocycles. The van der Waals surface area contributed by atoms with Crippen molar-refractivity contribution in [2.75, 3.05) is 33.9 Å². The van der Waals surface area contributed by atoms with Gasteiger partial charge in [-0.05, 0) is 17.7 Å². The molecule has 0 aromatic heterocycles. The van der Waals surface area contributed by atoms with Crippen LogP contribution in [0.15, 0.2) is 47.4 Å². The summed E-state index contributed by atoms with van der Waals surface area (Å²) in [7, 11) is -0.899. The summed E-state index contributed by atoms with van der Waals surface area (Å²) in [6, 6.07) is 10.1. The molecular weight excluding hydrogens is 395 g/mol. The molecule has 6 nitrogen and oxygen atoms in total.